The zero-order valence-electron chi connectivity index (χ0n) is 11.0. The Morgan fingerprint density at radius 3 is 2.75 bits per heavy atom. The molecule has 0 fully saturated rings. The number of urea groups is 1. The van der Waals surface area contributed by atoms with Crippen LogP contribution in [-0.4, -0.2) is 23.9 Å². The standard InChI is InChI=1S/C14H15N3O2S/c1-17(9-12-6-3-7-20-12)13(18)10-4-2-5-11(8-10)16-14(15)19/h2-8H,9H2,1H3,(H3,15,16,19). The lowest BCUT2D eigenvalue weighted by molar-refractivity contribution is 0.0786. The fraction of sp³-hybridized carbons (Fsp3) is 0.143. The number of nitrogens with one attached hydrogen (secondary N) is 1. The molecule has 5 nitrogen and oxygen atoms in total. The van der Waals surface area contributed by atoms with E-state index in [4.69, 9.17) is 5.73 Å². The number of hydrogen-bond acceptors (Lipinski definition) is 3. The van der Waals surface area contributed by atoms with Gasteiger partial charge in [0.15, 0.2) is 0 Å². The van der Waals surface area contributed by atoms with Crippen LogP contribution in [0.3, 0.4) is 0 Å². The average molecular weight is 289 g/mol. The number of carbonyl (C=O) groups is 2. The Morgan fingerprint density at radius 1 is 1.30 bits per heavy atom. The minimum absolute atomic E-state index is 0.105. The van der Waals surface area contributed by atoms with Crippen LogP contribution in [0.1, 0.15) is 15.2 Å². The lowest BCUT2D eigenvalue weighted by Gasteiger charge is -2.16. The minimum atomic E-state index is -0.651. The molecule has 0 spiro atoms. The highest BCUT2D eigenvalue weighted by molar-refractivity contribution is 7.09. The summed E-state index contributed by atoms with van der Waals surface area (Å²) in [5.74, 6) is -0.105. The summed E-state index contributed by atoms with van der Waals surface area (Å²) in [6.45, 7) is 0.559. The molecule has 2 aromatic rings. The number of nitrogens with two attached hydrogens (primary N) is 1. The lowest BCUT2D eigenvalue weighted by atomic mass is 10.1. The number of hydrogen-bond donors (Lipinski definition) is 2. The highest BCUT2D eigenvalue weighted by Crippen LogP contribution is 2.15. The van der Waals surface area contributed by atoms with Gasteiger partial charge in [0.25, 0.3) is 5.91 Å². The lowest BCUT2D eigenvalue weighted by Crippen LogP contribution is -2.26. The summed E-state index contributed by atoms with van der Waals surface area (Å²) in [4.78, 5) is 25.9. The Bertz CT molecular complexity index is 611. The van der Waals surface area contributed by atoms with Crippen molar-refractivity contribution in [2.24, 2.45) is 5.73 Å². The van der Waals surface area contributed by atoms with Crippen LogP contribution in [0.5, 0.6) is 0 Å². The van der Waals surface area contributed by atoms with E-state index in [1.165, 1.54) is 0 Å². The van der Waals surface area contributed by atoms with Crippen molar-refractivity contribution in [2.45, 2.75) is 6.54 Å². The SMILES string of the molecule is CN(Cc1cccs1)C(=O)c1cccc(NC(N)=O)c1. The summed E-state index contributed by atoms with van der Waals surface area (Å²) >= 11 is 1.61. The third-order valence-corrected chi connectivity index (χ3v) is 3.56. The largest absolute Gasteiger partial charge is 0.351 e. The van der Waals surface area contributed by atoms with E-state index in [-0.39, 0.29) is 5.91 Å². The molecule has 2 rings (SSSR count). The molecule has 6 heteroatoms. The van der Waals surface area contributed by atoms with Crippen molar-refractivity contribution < 1.29 is 9.59 Å². The number of anilines is 1. The first kappa shape index (κ1) is 14.1. The number of thiophene rings is 1. The van der Waals surface area contributed by atoms with Gasteiger partial charge in [0.1, 0.15) is 0 Å². The average Bonchev–Trinajstić information content (AvgIpc) is 2.90. The molecular formula is C14H15N3O2S. The Balaban J connectivity index is 2.10. The molecule has 20 heavy (non-hydrogen) atoms. The smallest absolute Gasteiger partial charge is 0.316 e. The maximum Gasteiger partial charge on any atom is 0.316 e. The number of benzene rings is 1. The number of amides is 3. The third kappa shape index (κ3) is 3.58. The van der Waals surface area contributed by atoms with E-state index in [0.717, 1.165) is 4.88 Å². The van der Waals surface area contributed by atoms with Crippen molar-refractivity contribution in [3.63, 3.8) is 0 Å². The second kappa shape index (κ2) is 6.21. The minimum Gasteiger partial charge on any atom is -0.351 e. The van der Waals surface area contributed by atoms with Gasteiger partial charge in [0.05, 0.1) is 6.54 Å². The summed E-state index contributed by atoms with van der Waals surface area (Å²) in [6.07, 6.45) is 0. The molecular weight excluding hydrogens is 274 g/mol. The molecule has 104 valence electrons. The van der Waals surface area contributed by atoms with Crippen LogP contribution in [0.4, 0.5) is 10.5 Å². The first-order valence-corrected chi connectivity index (χ1v) is 6.88. The van der Waals surface area contributed by atoms with Crippen molar-refractivity contribution >= 4 is 29.0 Å². The van der Waals surface area contributed by atoms with E-state index in [2.05, 4.69) is 5.32 Å². The van der Waals surface area contributed by atoms with Gasteiger partial charge in [-0.1, -0.05) is 12.1 Å². The monoisotopic (exact) mass is 289 g/mol. The Labute approximate surface area is 121 Å². The maximum atomic E-state index is 12.3. The number of rotatable bonds is 4. The summed E-state index contributed by atoms with van der Waals surface area (Å²) < 4.78 is 0. The highest BCUT2D eigenvalue weighted by atomic mass is 32.1. The second-order valence-corrected chi connectivity index (χ2v) is 5.34. The molecule has 1 aromatic carbocycles. The van der Waals surface area contributed by atoms with Crippen molar-refractivity contribution in [2.75, 3.05) is 12.4 Å². The third-order valence-electron chi connectivity index (χ3n) is 2.70. The summed E-state index contributed by atoms with van der Waals surface area (Å²) in [5.41, 5.74) is 6.07. The molecule has 0 aliphatic carbocycles. The van der Waals surface area contributed by atoms with Gasteiger partial charge < -0.3 is 16.0 Å². The van der Waals surface area contributed by atoms with Crippen LogP contribution in [-0.2, 0) is 6.54 Å². The van der Waals surface area contributed by atoms with Gasteiger partial charge >= 0.3 is 6.03 Å². The van der Waals surface area contributed by atoms with Gasteiger partial charge in [0.2, 0.25) is 0 Å². The molecule has 1 heterocycles. The van der Waals surface area contributed by atoms with Crippen molar-refractivity contribution in [3.05, 3.63) is 52.2 Å². The second-order valence-electron chi connectivity index (χ2n) is 4.31. The fourth-order valence-corrected chi connectivity index (χ4v) is 2.56. The summed E-state index contributed by atoms with van der Waals surface area (Å²) in [7, 11) is 1.75. The first-order chi connectivity index (χ1) is 9.56. The molecule has 0 bridgehead atoms. The Hall–Kier alpha value is -2.34. The van der Waals surface area contributed by atoms with Crippen LogP contribution in [0.2, 0.25) is 0 Å². The van der Waals surface area contributed by atoms with Crippen LogP contribution < -0.4 is 11.1 Å². The molecule has 0 aliphatic rings. The molecule has 0 atom stereocenters. The molecule has 0 saturated heterocycles. The topological polar surface area (TPSA) is 75.4 Å². The van der Waals surface area contributed by atoms with Crippen molar-refractivity contribution in [1.82, 2.24) is 4.90 Å². The van der Waals surface area contributed by atoms with Crippen LogP contribution in [0, 0.1) is 0 Å². The molecule has 3 N–H and O–H groups in total. The van der Waals surface area contributed by atoms with Gasteiger partial charge in [-0.25, -0.2) is 4.79 Å². The molecule has 0 unspecified atom stereocenters. The summed E-state index contributed by atoms with van der Waals surface area (Å²) in [5, 5.41) is 4.43. The zero-order valence-corrected chi connectivity index (χ0v) is 11.8. The quantitative estimate of drug-likeness (QED) is 0.907. The van der Waals surface area contributed by atoms with E-state index < -0.39 is 6.03 Å². The number of primary amides is 1. The highest BCUT2D eigenvalue weighted by Gasteiger charge is 2.13. The fourth-order valence-electron chi connectivity index (χ4n) is 1.80. The van der Waals surface area contributed by atoms with E-state index in [9.17, 15) is 9.59 Å². The van der Waals surface area contributed by atoms with E-state index in [1.54, 1.807) is 47.5 Å². The van der Waals surface area contributed by atoms with E-state index in [1.807, 2.05) is 17.5 Å². The van der Waals surface area contributed by atoms with Gasteiger partial charge in [-0.15, -0.1) is 11.3 Å². The van der Waals surface area contributed by atoms with Gasteiger partial charge in [-0.3, -0.25) is 4.79 Å². The van der Waals surface area contributed by atoms with E-state index >= 15 is 0 Å². The van der Waals surface area contributed by atoms with Crippen molar-refractivity contribution in [1.29, 1.82) is 0 Å². The number of carbonyl (C=O) groups excluding carboxylic acids is 2. The van der Waals surface area contributed by atoms with Crippen molar-refractivity contribution in [3.8, 4) is 0 Å². The Morgan fingerprint density at radius 2 is 2.10 bits per heavy atom. The predicted molar refractivity (Wildman–Crippen MR) is 79.8 cm³/mol. The molecule has 0 aliphatic heterocycles. The first-order valence-electron chi connectivity index (χ1n) is 6.00. The van der Waals surface area contributed by atoms with Gasteiger partial charge in [-0.2, -0.15) is 0 Å². The van der Waals surface area contributed by atoms with Gasteiger partial charge in [0, 0.05) is 23.2 Å². The van der Waals surface area contributed by atoms with E-state index in [0.29, 0.717) is 17.8 Å². The van der Waals surface area contributed by atoms with Crippen LogP contribution >= 0.6 is 11.3 Å². The van der Waals surface area contributed by atoms with Gasteiger partial charge in [-0.05, 0) is 29.6 Å². The Kier molecular flexibility index (Phi) is 4.37. The predicted octanol–water partition coefficient (Wildman–Crippen LogP) is 2.51. The van der Waals surface area contributed by atoms with Crippen LogP contribution in [0.15, 0.2) is 41.8 Å². The summed E-state index contributed by atoms with van der Waals surface area (Å²) in [6, 6.07) is 9.99. The molecule has 0 saturated carbocycles. The van der Waals surface area contributed by atoms with Crippen LogP contribution in [0.25, 0.3) is 0 Å². The maximum absolute atomic E-state index is 12.3. The number of nitrogens with zero attached hydrogens (tertiary/aromatic N) is 1. The normalized spacial score (nSPS) is 10.1. The molecule has 3 amide bonds. The molecule has 1 aromatic heterocycles. The molecule has 0 radical (unpaired) electrons. The zero-order chi connectivity index (χ0) is 14.5.